The Balaban J connectivity index is 1.90. The van der Waals surface area contributed by atoms with Crippen LogP contribution in [0.2, 0.25) is 0 Å². The summed E-state index contributed by atoms with van der Waals surface area (Å²) >= 11 is 0. The third kappa shape index (κ3) is 6.36. The molecule has 2 amide bonds. The molecule has 28 heavy (non-hydrogen) atoms. The number of carbonyl (C=O) groups excluding carboxylic acids is 2. The predicted molar refractivity (Wildman–Crippen MR) is 102 cm³/mol. The van der Waals surface area contributed by atoms with E-state index in [9.17, 15) is 19.7 Å². The molecule has 2 rings (SSSR count). The number of hydrogen-bond acceptors (Lipinski definition) is 6. The van der Waals surface area contributed by atoms with Gasteiger partial charge in [-0.1, -0.05) is 18.2 Å². The van der Waals surface area contributed by atoms with Crippen molar-refractivity contribution in [3.63, 3.8) is 0 Å². The molecule has 0 atom stereocenters. The molecule has 0 heterocycles. The minimum atomic E-state index is -0.581. The number of methoxy groups -OCH3 is 1. The van der Waals surface area contributed by atoms with Crippen molar-refractivity contribution in [3.05, 3.63) is 64.2 Å². The first-order valence-corrected chi connectivity index (χ1v) is 8.54. The van der Waals surface area contributed by atoms with Gasteiger partial charge in [0.1, 0.15) is 0 Å². The largest absolute Gasteiger partial charge is 0.477 e. The van der Waals surface area contributed by atoms with Crippen molar-refractivity contribution in [2.75, 3.05) is 32.2 Å². The molecule has 0 unspecified atom stereocenters. The van der Waals surface area contributed by atoms with Crippen LogP contribution in [0.1, 0.15) is 16.8 Å². The Morgan fingerprint density at radius 1 is 1.14 bits per heavy atom. The van der Waals surface area contributed by atoms with Gasteiger partial charge in [-0.2, -0.15) is 0 Å². The quantitative estimate of drug-likeness (QED) is 0.367. The number of nitro benzene ring substituents is 1. The summed E-state index contributed by atoms with van der Waals surface area (Å²) in [6, 6.07) is 12.2. The van der Waals surface area contributed by atoms with E-state index in [4.69, 9.17) is 9.47 Å². The van der Waals surface area contributed by atoms with Gasteiger partial charge in [0.15, 0.2) is 12.4 Å². The van der Waals surface area contributed by atoms with Gasteiger partial charge in [-0.25, -0.2) is 0 Å². The Morgan fingerprint density at radius 2 is 1.93 bits per heavy atom. The lowest BCUT2D eigenvalue weighted by Crippen LogP contribution is -2.25. The van der Waals surface area contributed by atoms with Crippen molar-refractivity contribution in [2.24, 2.45) is 0 Å². The molecule has 9 nitrogen and oxygen atoms in total. The summed E-state index contributed by atoms with van der Waals surface area (Å²) in [6.45, 7) is 0.626. The Morgan fingerprint density at radius 3 is 2.68 bits per heavy atom. The van der Waals surface area contributed by atoms with Gasteiger partial charge in [0.2, 0.25) is 0 Å². The SMILES string of the molecule is COCCCNC(=O)c1cccc(NC(=O)COc2ccccc2[N+](=O)[O-])c1. The maximum atomic E-state index is 12.1. The summed E-state index contributed by atoms with van der Waals surface area (Å²) in [5.41, 5.74) is 0.595. The van der Waals surface area contributed by atoms with Crippen LogP contribution in [0.25, 0.3) is 0 Å². The number of nitrogens with zero attached hydrogens (tertiary/aromatic N) is 1. The highest BCUT2D eigenvalue weighted by Crippen LogP contribution is 2.25. The fraction of sp³-hybridized carbons (Fsp3) is 0.263. The molecular formula is C19H21N3O6. The van der Waals surface area contributed by atoms with Gasteiger partial charge < -0.3 is 20.1 Å². The number of nitro groups is 1. The second-order valence-corrected chi connectivity index (χ2v) is 5.74. The lowest BCUT2D eigenvalue weighted by molar-refractivity contribution is -0.385. The molecule has 2 aromatic carbocycles. The van der Waals surface area contributed by atoms with Crippen molar-refractivity contribution < 1.29 is 24.0 Å². The van der Waals surface area contributed by atoms with Gasteiger partial charge in [0.25, 0.3) is 11.8 Å². The van der Waals surface area contributed by atoms with Crippen LogP contribution in [0.15, 0.2) is 48.5 Å². The van der Waals surface area contributed by atoms with E-state index in [1.165, 1.54) is 24.3 Å². The number of amides is 2. The first-order valence-electron chi connectivity index (χ1n) is 8.54. The number of benzene rings is 2. The molecule has 0 fully saturated rings. The molecule has 148 valence electrons. The van der Waals surface area contributed by atoms with E-state index in [2.05, 4.69) is 10.6 Å². The molecule has 0 aliphatic rings. The number of para-hydroxylation sites is 2. The number of ether oxygens (including phenoxy) is 2. The van der Waals surface area contributed by atoms with E-state index < -0.39 is 17.4 Å². The number of hydrogen-bond donors (Lipinski definition) is 2. The van der Waals surface area contributed by atoms with Crippen molar-refractivity contribution in [2.45, 2.75) is 6.42 Å². The smallest absolute Gasteiger partial charge is 0.310 e. The fourth-order valence-corrected chi connectivity index (χ4v) is 2.33. The highest BCUT2D eigenvalue weighted by Gasteiger charge is 2.15. The van der Waals surface area contributed by atoms with Gasteiger partial charge in [-0.05, 0) is 30.7 Å². The zero-order valence-electron chi connectivity index (χ0n) is 15.3. The van der Waals surface area contributed by atoms with E-state index in [-0.39, 0.29) is 17.3 Å². The lowest BCUT2D eigenvalue weighted by Gasteiger charge is -2.09. The maximum absolute atomic E-state index is 12.1. The summed E-state index contributed by atoms with van der Waals surface area (Å²) in [4.78, 5) is 34.5. The Labute approximate surface area is 161 Å². The molecule has 0 saturated carbocycles. The van der Waals surface area contributed by atoms with Crippen LogP contribution in [-0.4, -0.2) is 43.6 Å². The van der Waals surface area contributed by atoms with Gasteiger partial charge in [-0.3, -0.25) is 19.7 Å². The van der Waals surface area contributed by atoms with Crippen LogP contribution >= 0.6 is 0 Å². The van der Waals surface area contributed by atoms with Crippen LogP contribution in [0.3, 0.4) is 0 Å². The molecule has 0 spiro atoms. The zero-order valence-corrected chi connectivity index (χ0v) is 15.3. The topological polar surface area (TPSA) is 120 Å². The standard InChI is InChI=1S/C19H21N3O6/c1-27-11-5-10-20-19(24)14-6-4-7-15(12-14)21-18(23)13-28-17-9-3-2-8-16(17)22(25)26/h2-4,6-9,12H,5,10-11,13H2,1H3,(H,20,24)(H,21,23). The monoisotopic (exact) mass is 387 g/mol. The van der Waals surface area contributed by atoms with Crippen LogP contribution in [0.4, 0.5) is 11.4 Å². The van der Waals surface area contributed by atoms with Gasteiger partial charge in [0.05, 0.1) is 4.92 Å². The van der Waals surface area contributed by atoms with Crippen LogP contribution in [0, 0.1) is 10.1 Å². The minimum Gasteiger partial charge on any atom is -0.477 e. The summed E-state index contributed by atoms with van der Waals surface area (Å²) in [5.74, 6) is -0.758. The summed E-state index contributed by atoms with van der Waals surface area (Å²) in [7, 11) is 1.59. The van der Waals surface area contributed by atoms with Crippen molar-refractivity contribution in [1.29, 1.82) is 0 Å². The highest BCUT2D eigenvalue weighted by atomic mass is 16.6. The second-order valence-electron chi connectivity index (χ2n) is 5.74. The summed E-state index contributed by atoms with van der Waals surface area (Å²) in [6.07, 6.45) is 0.696. The van der Waals surface area contributed by atoms with Crippen molar-refractivity contribution >= 4 is 23.2 Å². The number of nitrogens with one attached hydrogen (secondary N) is 2. The van der Waals surface area contributed by atoms with E-state index in [0.717, 1.165) is 0 Å². The number of carbonyl (C=O) groups is 2. The van der Waals surface area contributed by atoms with Crippen LogP contribution in [0.5, 0.6) is 5.75 Å². The zero-order chi connectivity index (χ0) is 20.4. The molecule has 0 aliphatic heterocycles. The third-order valence-corrected chi connectivity index (χ3v) is 3.64. The van der Waals surface area contributed by atoms with E-state index in [1.54, 1.807) is 31.4 Å². The molecular weight excluding hydrogens is 366 g/mol. The highest BCUT2D eigenvalue weighted by molar-refractivity contribution is 5.97. The Bertz CT molecular complexity index is 840. The predicted octanol–water partition coefficient (Wildman–Crippen LogP) is 2.38. The molecule has 0 radical (unpaired) electrons. The lowest BCUT2D eigenvalue weighted by atomic mass is 10.2. The van der Waals surface area contributed by atoms with Gasteiger partial charge in [0, 0.05) is 37.6 Å². The van der Waals surface area contributed by atoms with E-state index in [0.29, 0.717) is 30.8 Å². The average molecular weight is 387 g/mol. The Hall–Kier alpha value is -3.46. The molecule has 9 heteroatoms. The van der Waals surface area contributed by atoms with Gasteiger partial charge in [-0.15, -0.1) is 0 Å². The first-order chi connectivity index (χ1) is 13.5. The third-order valence-electron chi connectivity index (χ3n) is 3.64. The van der Waals surface area contributed by atoms with Crippen molar-refractivity contribution in [1.82, 2.24) is 5.32 Å². The number of rotatable bonds is 10. The molecule has 2 aromatic rings. The normalized spacial score (nSPS) is 10.2. The molecule has 0 aromatic heterocycles. The van der Waals surface area contributed by atoms with Crippen molar-refractivity contribution in [3.8, 4) is 5.75 Å². The van der Waals surface area contributed by atoms with Gasteiger partial charge >= 0.3 is 5.69 Å². The molecule has 2 N–H and O–H groups in total. The Kier molecular flexibility index (Phi) is 7.92. The average Bonchev–Trinajstić information content (AvgIpc) is 2.70. The first kappa shape index (κ1) is 20.8. The molecule has 0 bridgehead atoms. The molecule has 0 saturated heterocycles. The fourth-order valence-electron chi connectivity index (χ4n) is 2.33. The van der Waals surface area contributed by atoms with Crippen LogP contribution in [-0.2, 0) is 9.53 Å². The van der Waals surface area contributed by atoms with E-state index >= 15 is 0 Å². The minimum absolute atomic E-state index is 0.00633. The summed E-state index contributed by atoms with van der Waals surface area (Å²) < 4.78 is 10.2. The number of anilines is 1. The van der Waals surface area contributed by atoms with E-state index in [1.807, 2.05) is 0 Å². The second kappa shape index (κ2) is 10.6. The summed E-state index contributed by atoms with van der Waals surface area (Å²) in [5, 5.41) is 16.3. The van der Waals surface area contributed by atoms with Crippen LogP contribution < -0.4 is 15.4 Å². The maximum Gasteiger partial charge on any atom is 0.310 e. The molecule has 0 aliphatic carbocycles.